The van der Waals surface area contributed by atoms with Gasteiger partial charge in [0.2, 0.25) is 0 Å². The summed E-state index contributed by atoms with van der Waals surface area (Å²) in [6, 6.07) is 26.0. The second-order valence-corrected chi connectivity index (χ2v) is 16.2. The smallest absolute Gasteiger partial charge is 0.494 e. The number of rotatable bonds is 20. The van der Waals surface area contributed by atoms with Gasteiger partial charge in [-0.15, -0.1) is 13.2 Å². The summed E-state index contributed by atoms with van der Waals surface area (Å²) in [5, 5.41) is 0. The van der Waals surface area contributed by atoms with E-state index in [4.69, 9.17) is 28.4 Å². The number of hydrogen-bond donors (Lipinski definition) is 0. The minimum absolute atomic E-state index is 0.245. The highest BCUT2D eigenvalue weighted by atomic mass is 19.4. The van der Waals surface area contributed by atoms with E-state index in [1.807, 2.05) is 41.1 Å². The van der Waals surface area contributed by atoms with Crippen molar-refractivity contribution in [3.8, 4) is 45.9 Å². The monoisotopic (exact) mass is 888 g/mol. The fourth-order valence-electron chi connectivity index (χ4n) is 8.19. The SMILES string of the molecule is COc1ccc(CCN2CCC(CCOc3ccc(-n4ccnc4)cc3)CC2)cc1OC.COc1ccc(CCN2CCC(CCOc3ccc(OC(F)(F)F)cc3)CC2)cc1OC. The number of imidazole rings is 1. The highest BCUT2D eigenvalue weighted by Gasteiger charge is 2.31. The summed E-state index contributed by atoms with van der Waals surface area (Å²) in [5.41, 5.74) is 3.61. The van der Waals surface area contributed by atoms with Gasteiger partial charge in [0.1, 0.15) is 17.2 Å². The van der Waals surface area contributed by atoms with Crippen molar-refractivity contribution in [3.05, 3.63) is 115 Å². The van der Waals surface area contributed by atoms with Crippen molar-refractivity contribution in [3.63, 3.8) is 0 Å². The molecule has 0 amide bonds. The summed E-state index contributed by atoms with van der Waals surface area (Å²) in [5.74, 6) is 5.67. The Morgan fingerprint density at radius 2 is 1.00 bits per heavy atom. The first-order chi connectivity index (χ1) is 31.1. The number of hydrogen-bond acceptors (Lipinski definition) is 10. The molecule has 0 saturated carbocycles. The molecule has 0 bridgehead atoms. The molecule has 2 fully saturated rings. The fraction of sp³-hybridized carbons (Fsp3) is 0.460. The molecule has 7 rings (SSSR count). The van der Waals surface area contributed by atoms with Gasteiger partial charge >= 0.3 is 6.36 Å². The van der Waals surface area contributed by atoms with Crippen LogP contribution in [0.15, 0.2) is 104 Å². The summed E-state index contributed by atoms with van der Waals surface area (Å²) in [7, 11) is 6.64. The second-order valence-electron chi connectivity index (χ2n) is 16.2. The molecule has 11 nitrogen and oxygen atoms in total. The number of nitrogens with zero attached hydrogens (tertiary/aromatic N) is 4. The lowest BCUT2D eigenvalue weighted by atomic mass is 9.93. The maximum absolute atomic E-state index is 12.2. The van der Waals surface area contributed by atoms with E-state index in [0.29, 0.717) is 18.3 Å². The Labute approximate surface area is 375 Å². The molecule has 0 atom stereocenters. The van der Waals surface area contributed by atoms with Gasteiger partial charge in [-0.3, -0.25) is 0 Å². The van der Waals surface area contributed by atoms with Crippen molar-refractivity contribution in [1.82, 2.24) is 19.4 Å². The van der Waals surface area contributed by atoms with Crippen LogP contribution in [0.3, 0.4) is 0 Å². The van der Waals surface area contributed by atoms with E-state index in [1.165, 1.54) is 48.2 Å². The zero-order valence-corrected chi connectivity index (χ0v) is 37.6. The molecule has 346 valence electrons. The lowest BCUT2D eigenvalue weighted by molar-refractivity contribution is -0.274. The van der Waals surface area contributed by atoms with Gasteiger partial charge in [-0.1, -0.05) is 12.1 Å². The van der Waals surface area contributed by atoms with Crippen LogP contribution in [0.5, 0.6) is 40.2 Å². The summed E-state index contributed by atoms with van der Waals surface area (Å²) < 4.78 is 75.6. The van der Waals surface area contributed by atoms with Gasteiger partial charge in [-0.05, 0) is 173 Å². The molecule has 0 radical (unpaired) electrons. The molecular formula is C50H63F3N4O7. The van der Waals surface area contributed by atoms with Crippen LogP contribution in [-0.4, -0.2) is 107 Å². The lowest BCUT2D eigenvalue weighted by Gasteiger charge is -2.32. The van der Waals surface area contributed by atoms with Crippen LogP contribution in [0.4, 0.5) is 13.2 Å². The second kappa shape index (κ2) is 24.5. The van der Waals surface area contributed by atoms with Gasteiger partial charge < -0.3 is 47.5 Å². The van der Waals surface area contributed by atoms with E-state index in [9.17, 15) is 13.2 Å². The topological polar surface area (TPSA) is 88.9 Å². The fourth-order valence-corrected chi connectivity index (χ4v) is 8.19. The van der Waals surface area contributed by atoms with Crippen LogP contribution in [0.2, 0.25) is 0 Å². The van der Waals surface area contributed by atoms with E-state index in [0.717, 1.165) is 125 Å². The first-order valence-electron chi connectivity index (χ1n) is 22.2. The Morgan fingerprint density at radius 3 is 1.41 bits per heavy atom. The zero-order valence-electron chi connectivity index (χ0n) is 37.6. The van der Waals surface area contributed by atoms with Crippen LogP contribution in [0.1, 0.15) is 49.7 Å². The molecule has 4 aromatic carbocycles. The van der Waals surface area contributed by atoms with Crippen molar-refractivity contribution in [2.75, 3.05) is 80.9 Å². The standard InChI is InChI=1S/C26H33N3O3.C24H30F3NO4/c1-30-25-8-3-22(19-26(25)31-2)11-16-28-14-9-21(10-15-28)12-18-32-24-6-4-23(5-7-24)29-17-13-27-20-29;1-29-22-8-3-19(17-23(22)30-2)11-15-28-13-9-18(10-14-28)12-16-31-20-4-6-21(7-5-20)32-24(25,26)27/h3-8,13,17,19-21H,9-12,14-16,18H2,1-2H3;3-8,17-18H,9-16H2,1-2H3. The number of halogens is 3. The van der Waals surface area contributed by atoms with Crippen molar-refractivity contribution in [2.24, 2.45) is 11.8 Å². The van der Waals surface area contributed by atoms with Gasteiger partial charge in [-0.2, -0.15) is 0 Å². The third-order valence-electron chi connectivity index (χ3n) is 12.0. The molecule has 64 heavy (non-hydrogen) atoms. The predicted molar refractivity (Wildman–Crippen MR) is 242 cm³/mol. The number of piperidine rings is 2. The number of likely N-dealkylation sites (tertiary alicyclic amines) is 2. The molecule has 1 aromatic heterocycles. The Bertz CT molecular complexity index is 2090. The summed E-state index contributed by atoms with van der Waals surface area (Å²) in [6.45, 7) is 7.86. The average molecular weight is 889 g/mol. The lowest BCUT2D eigenvalue weighted by Crippen LogP contribution is -2.35. The van der Waals surface area contributed by atoms with E-state index >= 15 is 0 Å². The normalized spacial score (nSPS) is 15.2. The molecule has 5 aromatic rings. The van der Waals surface area contributed by atoms with E-state index in [1.54, 1.807) is 41.0 Å². The van der Waals surface area contributed by atoms with Crippen molar-refractivity contribution < 1.29 is 46.3 Å². The number of benzene rings is 4. The molecule has 3 heterocycles. The Kier molecular flexibility index (Phi) is 18.3. The zero-order chi connectivity index (χ0) is 45.2. The van der Waals surface area contributed by atoms with Gasteiger partial charge in [0.15, 0.2) is 23.0 Å². The number of aromatic nitrogens is 2. The van der Waals surface area contributed by atoms with Crippen LogP contribution in [0, 0.1) is 11.8 Å². The van der Waals surface area contributed by atoms with Crippen molar-refractivity contribution >= 4 is 0 Å². The molecule has 2 aliphatic heterocycles. The van der Waals surface area contributed by atoms with Crippen molar-refractivity contribution in [2.45, 2.75) is 57.7 Å². The third-order valence-corrected chi connectivity index (χ3v) is 12.0. The molecule has 2 aliphatic rings. The Balaban J connectivity index is 0.000000213. The number of alkyl halides is 3. The highest BCUT2D eigenvalue weighted by molar-refractivity contribution is 5.44. The molecule has 2 saturated heterocycles. The van der Waals surface area contributed by atoms with Gasteiger partial charge in [0, 0.05) is 31.2 Å². The summed E-state index contributed by atoms with van der Waals surface area (Å²) in [4.78, 5) is 9.14. The number of methoxy groups -OCH3 is 4. The maximum Gasteiger partial charge on any atom is 0.573 e. The molecule has 14 heteroatoms. The van der Waals surface area contributed by atoms with Crippen LogP contribution >= 0.6 is 0 Å². The summed E-state index contributed by atoms with van der Waals surface area (Å²) >= 11 is 0. The molecular weight excluding hydrogens is 826 g/mol. The van der Waals surface area contributed by atoms with Gasteiger partial charge in [-0.25, -0.2) is 4.98 Å². The van der Waals surface area contributed by atoms with Gasteiger partial charge in [0.25, 0.3) is 0 Å². The first kappa shape index (κ1) is 47.9. The maximum atomic E-state index is 12.2. The van der Waals surface area contributed by atoms with Gasteiger partial charge in [0.05, 0.1) is 48.0 Å². The van der Waals surface area contributed by atoms with Crippen molar-refractivity contribution in [1.29, 1.82) is 0 Å². The molecule has 0 N–H and O–H groups in total. The Morgan fingerprint density at radius 1 is 0.562 bits per heavy atom. The highest BCUT2D eigenvalue weighted by Crippen LogP contribution is 2.30. The quantitative estimate of drug-likeness (QED) is 0.0753. The van der Waals surface area contributed by atoms with E-state index in [2.05, 4.69) is 49.9 Å². The minimum atomic E-state index is -4.68. The van der Waals surface area contributed by atoms with E-state index < -0.39 is 6.36 Å². The van der Waals surface area contributed by atoms with E-state index in [-0.39, 0.29) is 5.75 Å². The average Bonchev–Trinajstić information content (AvgIpc) is 3.87. The largest absolute Gasteiger partial charge is 0.573 e. The number of ether oxygens (including phenoxy) is 7. The molecule has 0 unspecified atom stereocenters. The molecule has 0 aliphatic carbocycles. The minimum Gasteiger partial charge on any atom is -0.494 e. The van der Waals surface area contributed by atoms with Crippen LogP contribution in [0.25, 0.3) is 5.69 Å². The Hall–Kier alpha value is -5.60. The van der Waals surface area contributed by atoms with Crippen LogP contribution in [-0.2, 0) is 12.8 Å². The van der Waals surface area contributed by atoms with Crippen LogP contribution < -0.4 is 33.2 Å². The predicted octanol–water partition coefficient (Wildman–Crippen LogP) is 9.94. The molecule has 0 spiro atoms. The summed E-state index contributed by atoms with van der Waals surface area (Å²) in [6.07, 6.45) is 9.62. The first-order valence-corrected chi connectivity index (χ1v) is 22.2. The third kappa shape index (κ3) is 15.3.